The lowest BCUT2D eigenvalue weighted by Crippen LogP contribution is -2.09. The first kappa shape index (κ1) is 19.8. The van der Waals surface area contributed by atoms with Crippen molar-refractivity contribution < 1.29 is 28.7 Å². The molecule has 0 aliphatic heterocycles. The smallest absolute Gasteiger partial charge is 0.302 e. The van der Waals surface area contributed by atoms with Gasteiger partial charge in [-0.1, -0.05) is 12.2 Å². The molecule has 0 aromatic carbocycles. The topological polar surface area (TPSA) is 86.7 Å². The maximum atomic E-state index is 11.7. The number of rotatable bonds is 9. The lowest BCUT2D eigenvalue weighted by molar-refractivity contribution is -0.141. The second-order valence-corrected chi connectivity index (χ2v) is 4.61. The van der Waals surface area contributed by atoms with E-state index < -0.39 is 11.9 Å². The molecule has 0 unspecified atom stereocenters. The normalized spacial score (nSPS) is 11.8. The molecular weight excluding hydrogens is 288 g/mol. The van der Waals surface area contributed by atoms with Crippen molar-refractivity contribution in [2.24, 2.45) is 0 Å². The fraction of sp³-hybridized carbons (Fsp3) is 0.500. The Bertz CT molecular complexity index is 453. The average Bonchev–Trinajstić information content (AvgIpc) is 2.38. The van der Waals surface area contributed by atoms with Gasteiger partial charge in [0.2, 0.25) is 0 Å². The molecule has 6 nitrogen and oxygen atoms in total. The largest absolute Gasteiger partial charge is 0.466 e. The molecule has 0 saturated carbocycles. The van der Waals surface area contributed by atoms with Crippen LogP contribution in [0.1, 0.15) is 40.5 Å². The summed E-state index contributed by atoms with van der Waals surface area (Å²) in [6.45, 7) is 5.60. The minimum Gasteiger partial charge on any atom is -0.466 e. The van der Waals surface area contributed by atoms with Crippen LogP contribution in [0.5, 0.6) is 0 Å². The van der Waals surface area contributed by atoms with Gasteiger partial charge in [0.15, 0.2) is 11.6 Å². The first-order valence-corrected chi connectivity index (χ1v) is 6.95. The zero-order valence-electron chi connectivity index (χ0n) is 13.4. The molecule has 0 rings (SSSR count). The summed E-state index contributed by atoms with van der Waals surface area (Å²) in [5, 5.41) is 0. The molecule has 0 aliphatic rings. The number of ether oxygens (including phenoxy) is 2. The third kappa shape index (κ3) is 8.84. The van der Waals surface area contributed by atoms with Crippen LogP contribution < -0.4 is 0 Å². The lowest BCUT2D eigenvalue weighted by Gasteiger charge is -2.07. The van der Waals surface area contributed by atoms with Gasteiger partial charge in [0.1, 0.15) is 0 Å². The van der Waals surface area contributed by atoms with Crippen molar-refractivity contribution in [1.29, 1.82) is 0 Å². The Morgan fingerprint density at radius 1 is 0.682 bits per heavy atom. The first-order chi connectivity index (χ1) is 10.3. The molecule has 0 spiro atoms. The van der Waals surface area contributed by atoms with Crippen molar-refractivity contribution in [3.8, 4) is 0 Å². The Kier molecular flexibility index (Phi) is 9.41. The molecule has 0 amide bonds. The molecule has 0 saturated heterocycles. The minimum absolute atomic E-state index is 0.144. The van der Waals surface area contributed by atoms with Gasteiger partial charge in [-0.05, 0) is 13.8 Å². The summed E-state index contributed by atoms with van der Waals surface area (Å²) in [5.41, 5.74) is 0.560. The van der Waals surface area contributed by atoms with Crippen molar-refractivity contribution in [1.82, 2.24) is 0 Å². The third-order valence-electron chi connectivity index (χ3n) is 2.59. The zero-order chi connectivity index (χ0) is 17.1. The highest BCUT2D eigenvalue weighted by molar-refractivity contribution is 6.10. The van der Waals surface area contributed by atoms with Gasteiger partial charge >= 0.3 is 11.9 Å². The lowest BCUT2D eigenvalue weighted by atomic mass is 9.97. The van der Waals surface area contributed by atoms with Crippen LogP contribution in [-0.4, -0.2) is 36.7 Å². The molecule has 0 aromatic rings. The molecule has 0 aliphatic carbocycles. The predicted molar refractivity (Wildman–Crippen MR) is 80.0 cm³/mol. The van der Waals surface area contributed by atoms with E-state index >= 15 is 0 Å². The number of Topliss-reactive ketones (excluding diaryl/α,β-unsaturated/α-hetero) is 2. The molecule has 0 fully saturated rings. The summed E-state index contributed by atoms with van der Waals surface area (Å²) in [6, 6.07) is 0. The van der Waals surface area contributed by atoms with Crippen LogP contribution in [0, 0.1) is 0 Å². The second-order valence-electron chi connectivity index (χ2n) is 4.61. The maximum Gasteiger partial charge on any atom is 0.302 e. The molecular formula is C16H22O6. The Morgan fingerprint density at radius 2 is 1.00 bits per heavy atom. The summed E-state index contributed by atoms with van der Waals surface area (Å²) in [4.78, 5) is 44.8. The number of ketones is 2. The molecule has 122 valence electrons. The Balaban J connectivity index is 4.95. The Morgan fingerprint density at radius 3 is 1.23 bits per heavy atom. The number of hydrogen-bond acceptors (Lipinski definition) is 6. The SMILES string of the molecule is CC(=O)OCC/C=C(C(C)=O)\C(=C/CCOC(C)=O)C(C)=O. The number of esters is 2. The highest BCUT2D eigenvalue weighted by atomic mass is 16.5. The number of hydrogen-bond donors (Lipinski definition) is 0. The minimum atomic E-state index is -0.401. The van der Waals surface area contributed by atoms with Gasteiger partial charge < -0.3 is 9.47 Å². The van der Waals surface area contributed by atoms with Crippen LogP contribution in [0.2, 0.25) is 0 Å². The van der Waals surface area contributed by atoms with Crippen molar-refractivity contribution in [2.75, 3.05) is 13.2 Å². The van der Waals surface area contributed by atoms with E-state index in [1.807, 2.05) is 0 Å². The Hall–Kier alpha value is -2.24. The van der Waals surface area contributed by atoms with Gasteiger partial charge in [-0.2, -0.15) is 0 Å². The molecule has 0 radical (unpaired) electrons. The van der Waals surface area contributed by atoms with Gasteiger partial charge in [0.25, 0.3) is 0 Å². The van der Waals surface area contributed by atoms with E-state index in [1.54, 1.807) is 12.2 Å². The van der Waals surface area contributed by atoms with Gasteiger partial charge in [-0.25, -0.2) is 0 Å². The third-order valence-corrected chi connectivity index (χ3v) is 2.59. The summed E-state index contributed by atoms with van der Waals surface area (Å²) in [6.07, 6.45) is 3.82. The van der Waals surface area contributed by atoms with Crippen LogP contribution >= 0.6 is 0 Å². The van der Waals surface area contributed by atoms with Gasteiger partial charge in [-0.15, -0.1) is 0 Å². The van der Waals surface area contributed by atoms with E-state index in [9.17, 15) is 19.2 Å². The van der Waals surface area contributed by atoms with Crippen LogP contribution in [0.3, 0.4) is 0 Å². The van der Waals surface area contributed by atoms with E-state index in [-0.39, 0.29) is 35.9 Å². The van der Waals surface area contributed by atoms with Crippen LogP contribution in [0.4, 0.5) is 0 Å². The van der Waals surface area contributed by atoms with Gasteiger partial charge in [0, 0.05) is 37.8 Å². The van der Waals surface area contributed by atoms with E-state index in [1.165, 1.54) is 27.7 Å². The average molecular weight is 310 g/mol. The standard InChI is InChI=1S/C16H22O6/c1-11(17)15(7-5-9-21-13(3)19)16(12(2)18)8-6-10-22-14(4)20/h7-8H,5-6,9-10H2,1-4H3/b15-7-,16-8-. The van der Waals surface area contributed by atoms with E-state index in [0.29, 0.717) is 12.8 Å². The van der Waals surface area contributed by atoms with E-state index in [0.717, 1.165) is 0 Å². The van der Waals surface area contributed by atoms with E-state index in [2.05, 4.69) is 0 Å². The Labute approximate surface area is 130 Å². The first-order valence-electron chi connectivity index (χ1n) is 6.95. The quantitative estimate of drug-likeness (QED) is 0.280. The van der Waals surface area contributed by atoms with E-state index in [4.69, 9.17) is 9.47 Å². The van der Waals surface area contributed by atoms with Gasteiger partial charge in [-0.3, -0.25) is 19.2 Å². The molecule has 6 heteroatoms. The highest BCUT2D eigenvalue weighted by Gasteiger charge is 2.14. The summed E-state index contributed by atoms with van der Waals surface area (Å²) in [5.74, 6) is -1.31. The van der Waals surface area contributed by atoms with Crippen LogP contribution in [-0.2, 0) is 28.7 Å². The molecule has 0 bridgehead atoms. The van der Waals surface area contributed by atoms with Crippen molar-refractivity contribution in [3.63, 3.8) is 0 Å². The monoisotopic (exact) mass is 310 g/mol. The summed E-state index contributed by atoms with van der Waals surface area (Å²) in [7, 11) is 0. The fourth-order valence-electron chi connectivity index (χ4n) is 1.70. The zero-order valence-corrected chi connectivity index (χ0v) is 13.4. The number of allylic oxidation sites excluding steroid dienone is 2. The molecule has 0 N–H and O–H groups in total. The predicted octanol–water partition coefficient (Wildman–Crippen LogP) is 1.92. The van der Waals surface area contributed by atoms with Crippen molar-refractivity contribution in [3.05, 3.63) is 23.3 Å². The number of carbonyl (C=O) groups is 4. The van der Waals surface area contributed by atoms with Crippen LogP contribution in [0.25, 0.3) is 0 Å². The number of carbonyl (C=O) groups excluding carboxylic acids is 4. The molecule has 0 atom stereocenters. The summed E-state index contributed by atoms with van der Waals surface area (Å²) < 4.78 is 9.56. The summed E-state index contributed by atoms with van der Waals surface area (Å²) >= 11 is 0. The second kappa shape index (κ2) is 10.5. The molecule has 0 aromatic heterocycles. The van der Waals surface area contributed by atoms with Gasteiger partial charge in [0.05, 0.1) is 13.2 Å². The maximum absolute atomic E-state index is 11.7. The fourth-order valence-corrected chi connectivity index (χ4v) is 1.70. The van der Waals surface area contributed by atoms with Crippen molar-refractivity contribution in [2.45, 2.75) is 40.5 Å². The van der Waals surface area contributed by atoms with Crippen LogP contribution in [0.15, 0.2) is 23.3 Å². The molecule has 22 heavy (non-hydrogen) atoms. The van der Waals surface area contributed by atoms with Crippen molar-refractivity contribution >= 4 is 23.5 Å². The highest BCUT2D eigenvalue weighted by Crippen LogP contribution is 2.15. The molecule has 0 heterocycles.